The number of hydrogen-bond acceptors (Lipinski definition) is 12. The van der Waals surface area contributed by atoms with E-state index < -0.39 is 0 Å². The Kier molecular flexibility index (Phi) is 5.43. The molecule has 10 nitrogen and oxygen atoms in total. The van der Waals surface area contributed by atoms with Crippen molar-refractivity contribution < 1.29 is 5.11 Å². The molecule has 0 amide bonds. The summed E-state index contributed by atoms with van der Waals surface area (Å²) in [4.78, 5) is 5.72. The molecule has 12 heteroatoms. The van der Waals surface area contributed by atoms with Crippen molar-refractivity contribution in [3.05, 3.63) is 29.7 Å². The van der Waals surface area contributed by atoms with Crippen molar-refractivity contribution in [3.8, 4) is 11.8 Å². The van der Waals surface area contributed by atoms with Crippen molar-refractivity contribution in [1.82, 2.24) is 13.7 Å². The first-order valence-electron chi connectivity index (χ1n) is 7.51. The lowest BCUT2D eigenvalue weighted by Crippen LogP contribution is -2.08. The number of benzene rings is 1. The van der Waals surface area contributed by atoms with Crippen LogP contribution in [0.4, 0.5) is 27.2 Å². The Morgan fingerprint density at radius 3 is 2.63 bits per heavy atom. The Bertz CT molecular complexity index is 1050. The molecule has 1 N–H and O–H groups in total. The number of aromatic nitrogens is 3. The summed E-state index contributed by atoms with van der Waals surface area (Å²) in [6.07, 6.45) is 1.38. The summed E-state index contributed by atoms with van der Waals surface area (Å²) >= 11 is 2.15. The average Bonchev–Trinajstić information content (AvgIpc) is 3.28. The van der Waals surface area contributed by atoms with Gasteiger partial charge in [0.15, 0.2) is 16.4 Å². The predicted molar refractivity (Wildman–Crippen MR) is 102 cm³/mol. The third-order valence-corrected chi connectivity index (χ3v) is 4.75. The first kappa shape index (κ1) is 18.5. The molecule has 0 spiro atoms. The number of phenolic OH excluding ortho intramolecular Hbond substituents is 1. The van der Waals surface area contributed by atoms with Crippen molar-refractivity contribution in [3.63, 3.8) is 0 Å². The van der Waals surface area contributed by atoms with Crippen LogP contribution in [0.3, 0.4) is 0 Å². The summed E-state index contributed by atoms with van der Waals surface area (Å²) in [6, 6.07) is 5.40. The van der Waals surface area contributed by atoms with Crippen LogP contribution in [-0.2, 0) is 0 Å². The minimum absolute atomic E-state index is 0.182. The molecule has 0 atom stereocenters. The van der Waals surface area contributed by atoms with Gasteiger partial charge in [0.25, 0.3) is 0 Å². The highest BCUT2D eigenvalue weighted by Gasteiger charge is 2.15. The van der Waals surface area contributed by atoms with Crippen LogP contribution in [0.5, 0.6) is 5.75 Å². The highest BCUT2D eigenvalue weighted by atomic mass is 32.1. The fourth-order valence-corrected chi connectivity index (χ4v) is 3.09. The zero-order valence-electron chi connectivity index (χ0n) is 14.5. The normalized spacial score (nSPS) is 11.3. The van der Waals surface area contributed by atoms with Crippen molar-refractivity contribution in [1.29, 1.82) is 5.26 Å². The van der Waals surface area contributed by atoms with Crippen molar-refractivity contribution >= 4 is 50.3 Å². The van der Waals surface area contributed by atoms with E-state index in [0.29, 0.717) is 27.1 Å². The molecular weight excluding hydrogens is 386 g/mol. The second-order valence-corrected chi connectivity index (χ2v) is 6.89. The average molecular weight is 399 g/mol. The van der Waals surface area contributed by atoms with Gasteiger partial charge < -0.3 is 10.0 Å². The lowest BCUT2D eigenvalue weighted by atomic mass is 10.2. The Labute approximate surface area is 162 Å². The largest absolute Gasteiger partial charge is 0.504 e. The van der Waals surface area contributed by atoms with Crippen LogP contribution in [0.2, 0.25) is 0 Å². The Balaban J connectivity index is 2.00. The van der Waals surface area contributed by atoms with E-state index in [0.717, 1.165) is 23.1 Å². The molecule has 3 rings (SSSR count). The highest BCUT2D eigenvalue weighted by molar-refractivity contribution is 7.10. The number of aryl methyl sites for hydroxylation is 1. The molecule has 0 aliphatic carbocycles. The van der Waals surface area contributed by atoms with E-state index in [2.05, 4.69) is 34.2 Å². The van der Waals surface area contributed by atoms with Gasteiger partial charge in [0, 0.05) is 25.6 Å². The smallest absolute Gasteiger partial charge is 0.249 e. The van der Waals surface area contributed by atoms with Crippen LogP contribution in [0, 0.1) is 18.3 Å². The van der Waals surface area contributed by atoms with Gasteiger partial charge in [-0.05, 0) is 30.6 Å². The first-order chi connectivity index (χ1) is 13.0. The van der Waals surface area contributed by atoms with E-state index in [1.807, 2.05) is 20.2 Å². The van der Waals surface area contributed by atoms with Gasteiger partial charge >= 0.3 is 0 Å². The number of azo groups is 2. The van der Waals surface area contributed by atoms with Crippen molar-refractivity contribution in [2.75, 3.05) is 19.0 Å². The van der Waals surface area contributed by atoms with Gasteiger partial charge in [-0.1, -0.05) is 0 Å². The molecule has 0 saturated heterocycles. The summed E-state index contributed by atoms with van der Waals surface area (Å²) < 4.78 is 7.94. The summed E-state index contributed by atoms with van der Waals surface area (Å²) in [5.74, 6) is -0.182. The molecular formula is C15H13N9OS2. The third kappa shape index (κ3) is 3.94. The fourth-order valence-electron chi connectivity index (χ4n) is 2.06. The lowest BCUT2D eigenvalue weighted by Gasteiger charge is -2.15. The third-order valence-electron chi connectivity index (χ3n) is 3.38. The van der Waals surface area contributed by atoms with Gasteiger partial charge in [-0.15, -0.1) is 20.5 Å². The zero-order chi connectivity index (χ0) is 19.4. The number of anilines is 1. The topological polar surface area (TPSA) is 135 Å². The monoisotopic (exact) mass is 399 g/mol. The van der Waals surface area contributed by atoms with E-state index in [-0.39, 0.29) is 17.1 Å². The van der Waals surface area contributed by atoms with Gasteiger partial charge in [-0.3, -0.25) is 0 Å². The number of hydrogen-bond donors (Lipinski definition) is 1. The number of aromatic hydroxyl groups is 1. The number of phenols is 1. The quantitative estimate of drug-likeness (QED) is 0.613. The molecule has 0 aliphatic heterocycles. The van der Waals surface area contributed by atoms with E-state index in [4.69, 9.17) is 5.26 Å². The Morgan fingerprint density at radius 1 is 1.15 bits per heavy atom. The molecule has 0 bridgehead atoms. The Hall–Kier alpha value is -3.30. The molecule has 0 aliphatic rings. The fraction of sp³-hybridized carbons (Fsp3) is 0.200. The number of nitriles is 1. The maximum absolute atomic E-state index is 10.6. The van der Waals surface area contributed by atoms with E-state index in [9.17, 15) is 5.11 Å². The molecule has 0 fully saturated rings. The van der Waals surface area contributed by atoms with Gasteiger partial charge in [0.2, 0.25) is 5.13 Å². The Morgan fingerprint density at radius 2 is 1.96 bits per heavy atom. The van der Waals surface area contributed by atoms with Crippen LogP contribution in [0.25, 0.3) is 0 Å². The molecule has 27 heavy (non-hydrogen) atoms. The lowest BCUT2D eigenvalue weighted by molar-refractivity contribution is 0.477. The van der Waals surface area contributed by atoms with E-state index >= 15 is 0 Å². The standard InChI is InChI=1S/C15H13N9OS2/c1-8-9(6-16)14(26-23-8)21-19-10-4-5-11(24(2)3)12(13(10)25)20-22-15-17-7-18-27-15/h4-5,7,25H,1-3H3. The van der Waals surface area contributed by atoms with E-state index in [1.54, 1.807) is 24.0 Å². The number of nitrogens with zero attached hydrogens (tertiary/aromatic N) is 9. The van der Waals surface area contributed by atoms with Crippen LogP contribution in [0.1, 0.15) is 11.3 Å². The summed E-state index contributed by atoms with van der Waals surface area (Å²) in [7, 11) is 3.64. The minimum Gasteiger partial charge on any atom is -0.504 e. The van der Waals surface area contributed by atoms with E-state index in [1.165, 1.54) is 6.33 Å². The number of rotatable bonds is 5. The first-order valence-corrected chi connectivity index (χ1v) is 9.05. The SMILES string of the molecule is Cc1nsc(N=Nc2ccc(N(C)C)c(N=Nc3ncns3)c2O)c1C#N. The molecule has 1 aromatic carbocycles. The van der Waals surface area contributed by atoms with Crippen molar-refractivity contribution in [2.45, 2.75) is 6.92 Å². The highest BCUT2D eigenvalue weighted by Crippen LogP contribution is 2.44. The van der Waals surface area contributed by atoms with Gasteiger partial charge in [-0.25, -0.2) is 4.98 Å². The maximum atomic E-state index is 10.6. The summed E-state index contributed by atoms with van der Waals surface area (Å²) in [5.41, 5.74) is 2.03. The molecule has 3 aromatic rings. The zero-order valence-corrected chi connectivity index (χ0v) is 16.2. The van der Waals surface area contributed by atoms with Crippen LogP contribution in [-0.4, -0.2) is 32.9 Å². The molecule has 2 aromatic heterocycles. The van der Waals surface area contributed by atoms with Crippen LogP contribution in [0.15, 0.2) is 38.9 Å². The van der Waals surface area contributed by atoms with Crippen molar-refractivity contribution in [2.24, 2.45) is 20.5 Å². The minimum atomic E-state index is -0.182. The molecule has 0 unspecified atom stereocenters. The molecule has 136 valence electrons. The molecule has 0 radical (unpaired) electrons. The molecule has 2 heterocycles. The summed E-state index contributed by atoms with van der Waals surface area (Å²) in [6.45, 7) is 1.73. The summed E-state index contributed by atoms with van der Waals surface area (Å²) in [5, 5.41) is 36.7. The van der Waals surface area contributed by atoms with Gasteiger partial charge in [-0.2, -0.15) is 14.0 Å². The maximum Gasteiger partial charge on any atom is 0.249 e. The predicted octanol–water partition coefficient (Wildman–Crippen LogP) is 4.78. The van der Waals surface area contributed by atoms with Gasteiger partial charge in [0.1, 0.15) is 23.6 Å². The molecule has 0 saturated carbocycles. The second-order valence-electron chi connectivity index (χ2n) is 5.38. The second kappa shape index (κ2) is 7.94. The van der Waals surface area contributed by atoms with Crippen LogP contribution < -0.4 is 4.90 Å². The van der Waals surface area contributed by atoms with Gasteiger partial charge in [0.05, 0.1) is 11.4 Å². The van der Waals surface area contributed by atoms with Crippen LogP contribution >= 0.6 is 23.1 Å².